The van der Waals surface area contributed by atoms with Crippen LogP contribution < -0.4 is 0 Å². The molecule has 0 fully saturated rings. The average molecular weight is 611 g/mol. The van der Waals surface area contributed by atoms with E-state index < -0.39 is 0 Å². The number of hydrogen-bond donors (Lipinski definition) is 0. The molecule has 0 N–H and O–H groups in total. The molecule has 234 valence electrons. The van der Waals surface area contributed by atoms with Crippen molar-refractivity contribution < 1.29 is 0 Å². The largest absolute Gasteiger partial charge is 0.0622 e. The summed E-state index contributed by atoms with van der Waals surface area (Å²) >= 11 is 0. The molecule has 7 aromatic rings. The summed E-state index contributed by atoms with van der Waals surface area (Å²) in [4.78, 5) is 0. The van der Waals surface area contributed by atoms with Crippen molar-refractivity contribution in [1.29, 1.82) is 0 Å². The average Bonchev–Trinajstić information content (AvgIpc) is 3.28. The van der Waals surface area contributed by atoms with Gasteiger partial charge in [-0.3, -0.25) is 0 Å². The first-order chi connectivity index (χ1) is 22.2. The lowest BCUT2D eigenvalue weighted by molar-refractivity contribution is 0.591. The molecular weight excluding hydrogens is 565 g/mol. The molecule has 0 aliphatic heterocycles. The van der Waals surface area contributed by atoms with Crippen LogP contribution in [0.1, 0.15) is 101 Å². The summed E-state index contributed by atoms with van der Waals surface area (Å²) in [5.74, 6) is 0. The lowest BCUT2D eigenvalue weighted by Gasteiger charge is -2.31. The van der Waals surface area contributed by atoms with Crippen LogP contribution in [0, 0.1) is 0 Å². The van der Waals surface area contributed by atoms with Gasteiger partial charge in [0.2, 0.25) is 0 Å². The van der Waals surface area contributed by atoms with Crippen molar-refractivity contribution in [2.24, 2.45) is 0 Å². The van der Waals surface area contributed by atoms with Gasteiger partial charge in [0.15, 0.2) is 0 Å². The van der Waals surface area contributed by atoms with Crippen LogP contribution in [0.2, 0.25) is 0 Å². The minimum atomic E-state index is -0.181. The van der Waals surface area contributed by atoms with Crippen molar-refractivity contribution in [3.8, 4) is 11.1 Å². The van der Waals surface area contributed by atoms with Gasteiger partial charge in [0.25, 0.3) is 0 Å². The van der Waals surface area contributed by atoms with E-state index in [4.69, 9.17) is 0 Å². The van der Waals surface area contributed by atoms with Crippen LogP contribution in [-0.4, -0.2) is 0 Å². The summed E-state index contributed by atoms with van der Waals surface area (Å²) in [7, 11) is 0. The summed E-state index contributed by atoms with van der Waals surface area (Å²) in [6.07, 6.45) is 0. The molecule has 0 heterocycles. The highest BCUT2D eigenvalue weighted by molar-refractivity contribution is 6.24. The summed E-state index contributed by atoms with van der Waals surface area (Å²) in [6, 6.07) is 44.3. The number of fused-ring (bicyclic) bond motifs is 3. The maximum absolute atomic E-state index is 2.52. The zero-order valence-corrected chi connectivity index (χ0v) is 29.5. The van der Waals surface area contributed by atoms with E-state index >= 15 is 0 Å². The minimum Gasteiger partial charge on any atom is -0.0622 e. The summed E-state index contributed by atoms with van der Waals surface area (Å²) in [5, 5.41) is 8.16. The monoisotopic (exact) mass is 610 g/mol. The van der Waals surface area contributed by atoms with Gasteiger partial charge in [0, 0.05) is 16.2 Å². The van der Waals surface area contributed by atoms with Crippen molar-refractivity contribution in [1.82, 2.24) is 0 Å². The first kappa shape index (κ1) is 29.9. The number of rotatable bonds is 4. The van der Waals surface area contributed by atoms with Crippen molar-refractivity contribution in [3.63, 3.8) is 0 Å². The van der Waals surface area contributed by atoms with Crippen molar-refractivity contribution >= 4 is 32.3 Å². The molecule has 8 rings (SSSR count). The third kappa shape index (κ3) is 4.34. The third-order valence-electron chi connectivity index (χ3n) is 11.8. The smallest absolute Gasteiger partial charge is 0.0159 e. The van der Waals surface area contributed by atoms with E-state index in [0.717, 1.165) is 0 Å². The molecule has 0 bridgehead atoms. The van der Waals surface area contributed by atoms with E-state index in [1.165, 1.54) is 82.4 Å². The Hall–Kier alpha value is -4.42. The Balaban J connectivity index is 1.24. The molecule has 0 spiro atoms. The molecule has 0 unspecified atom stereocenters. The number of hydrogen-bond acceptors (Lipinski definition) is 0. The van der Waals surface area contributed by atoms with E-state index in [-0.39, 0.29) is 21.7 Å². The summed E-state index contributed by atoms with van der Waals surface area (Å²) in [5.41, 5.74) is 12.2. The van der Waals surface area contributed by atoms with Gasteiger partial charge in [-0.2, -0.15) is 0 Å². The van der Waals surface area contributed by atoms with E-state index in [0.29, 0.717) is 0 Å². The van der Waals surface area contributed by atoms with Gasteiger partial charge in [-0.25, -0.2) is 0 Å². The van der Waals surface area contributed by atoms with Gasteiger partial charge in [-0.05, 0) is 87.8 Å². The van der Waals surface area contributed by atoms with Gasteiger partial charge in [0.1, 0.15) is 0 Å². The van der Waals surface area contributed by atoms with Crippen molar-refractivity contribution in [3.05, 3.63) is 154 Å². The molecule has 0 heteroatoms. The van der Waals surface area contributed by atoms with Crippen LogP contribution >= 0.6 is 0 Å². The van der Waals surface area contributed by atoms with Crippen LogP contribution in [0.15, 0.2) is 115 Å². The molecule has 0 radical (unpaired) electrons. The Morgan fingerprint density at radius 1 is 0.426 bits per heavy atom. The van der Waals surface area contributed by atoms with Crippen LogP contribution in [0.25, 0.3) is 43.4 Å². The van der Waals surface area contributed by atoms with Gasteiger partial charge in [0.05, 0.1) is 0 Å². The maximum atomic E-state index is 2.52. The Kier molecular flexibility index (Phi) is 6.25. The molecule has 1 aliphatic rings. The fourth-order valence-corrected chi connectivity index (χ4v) is 8.49. The van der Waals surface area contributed by atoms with Crippen molar-refractivity contribution in [2.45, 2.75) is 84.0 Å². The molecule has 0 saturated heterocycles. The standard InChI is InChI=1S/C47H46/c1-44(2,3)35-25-30-16-15-29-18-24-39(38-21-17-31(26-35)42(30)43(29)38)46(6,7)34-20-23-37-36-22-19-33(27-40(36)47(8,9)41(37)28-34)45(4,5)32-13-11-10-12-14-32/h10-28H,1-9H3. The predicted octanol–water partition coefficient (Wildman–Crippen LogP) is 12.8. The zero-order valence-electron chi connectivity index (χ0n) is 29.5. The van der Waals surface area contributed by atoms with Crippen LogP contribution in [0.5, 0.6) is 0 Å². The number of benzene rings is 7. The van der Waals surface area contributed by atoms with Crippen LogP contribution in [-0.2, 0) is 21.7 Å². The molecule has 1 aliphatic carbocycles. The van der Waals surface area contributed by atoms with E-state index in [9.17, 15) is 0 Å². The highest BCUT2D eigenvalue weighted by Gasteiger charge is 2.38. The van der Waals surface area contributed by atoms with Crippen LogP contribution in [0.3, 0.4) is 0 Å². The molecule has 0 saturated carbocycles. The normalized spacial score (nSPS) is 14.7. The highest BCUT2D eigenvalue weighted by Crippen LogP contribution is 2.52. The van der Waals surface area contributed by atoms with Gasteiger partial charge in [-0.1, -0.05) is 178 Å². The molecule has 0 amide bonds. The summed E-state index contributed by atoms with van der Waals surface area (Å²) < 4.78 is 0. The molecule has 0 nitrogen and oxygen atoms in total. The fraction of sp³-hybridized carbons (Fsp3) is 0.277. The fourth-order valence-electron chi connectivity index (χ4n) is 8.49. The second-order valence-electron chi connectivity index (χ2n) is 16.7. The van der Waals surface area contributed by atoms with Crippen molar-refractivity contribution in [2.75, 3.05) is 0 Å². The lowest BCUT2D eigenvalue weighted by Crippen LogP contribution is -2.22. The molecule has 7 aromatic carbocycles. The second-order valence-corrected chi connectivity index (χ2v) is 16.7. The molecule has 47 heavy (non-hydrogen) atoms. The first-order valence-electron chi connectivity index (χ1n) is 17.3. The minimum absolute atomic E-state index is 0.0718. The first-order valence-corrected chi connectivity index (χ1v) is 17.3. The Bertz CT molecular complexity index is 2320. The van der Waals surface area contributed by atoms with Crippen LogP contribution in [0.4, 0.5) is 0 Å². The Morgan fingerprint density at radius 3 is 1.55 bits per heavy atom. The highest BCUT2D eigenvalue weighted by atomic mass is 14.4. The topological polar surface area (TPSA) is 0 Å². The Morgan fingerprint density at radius 2 is 0.957 bits per heavy atom. The Labute approximate surface area is 280 Å². The van der Waals surface area contributed by atoms with E-state index in [1.54, 1.807) is 0 Å². The SMILES string of the molecule is CC(C)(C)c1cc2ccc3ccc(C(C)(C)c4ccc5c(c4)C(C)(C)c4cc(C(C)(C)c6ccccc6)ccc4-5)c4ccc(c1)c2c34. The van der Waals surface area contributed by atoms with E-state index in [1.807, 2.05) is 0 Å². The molecule has 0 aromatic heterocycles. The van der Waals surface area contributed by atoms with Gasteiger partial charge >= 0.3 is 0 Å². The third-order valence-corrected chi connectivity index (χ3v) is 11.8. The maximum Gasteiger partial charge on any atom is 0.0159 e. The van der Waals surface area contributed by atoms with Gasteiger partial charge < -0.3 is 0 Å². The second kappa shape index (κ2) is 9.80. The predicted molar refractivity (Wildman–Crippen MR) is 204 cm³/mol. The van der Waals surface area contributed by atoms with Gasteiger partial charge in [-0.15, -0.1) is 0 Å². The summed E-state index contributed by atoms with van der Waals surface area (Å²) in [6.45, 7) is 21.3. The quantitative estimate of drug-likeness (QED) is 0.174. The lowest BCUT2D eigenvalue weighted by atomic mass is 9.72. The van der Waals surface area contributed by atoms with E-state index in [2.05, 4.69) is 178 Å². The zero-order chi connectivity index (χ0) is 33.1. The molecular formula is C47H46. The molecule has 0 atom stereocenters.